The molecule has 2 aliphatic rings. The molecule has 0 aromatic rings. The molecule has 0 aliphatic heterocycles. The summed E-state index contributed by atoms with van der Waals surface area (Å²) in [6, 6.07) is 0. The Bertz CT molecular complexity index is 728. The first kappa shape index (κ1) is 21.3. The molecule has 0 N–H and O–H groups in total. The van der Waals surface area contributed by atoms with Crippen molar-refractivity contribution >= 4 is 11.9 Å². The maximum absolute atomic E-state index is 12.7. The largest absolute Gasteiger partial charge is 0.466 e. The summed E-state index contributed by atoms with van der Waals surface area (Å²) in [4.78, 5) is 24.2. The van der Waals surface area contributed by atoms with Crippen molar-refractivity contribution < 1.29 is 32.2 Å². The second-order valence-corrected chi connectivity index (χ2v) is 7.85. The van der Waals surface area contributed by atoms with Crippen molar-refractivity contribution in [3.63, 3.8) is 0 Å². The Morgan fingerprint density at radius 2 is 1.93 bits per heavy atom. The number of rotatable bonds is 5. The molecule has 4 nitrogen and oxygen atoms in total. The predicted molar refractivity (Wildman–Crippen MR) is 93.5 cm³/mol. The van der Waals surface area contributed by atoms with Gasteiger partial charge in [0.1, 0.15) is 6.10 Å². The molecule has 2 rings (SSSR count). The fourth-order valence-corrected chi connectivity index (χ4v) is 3.72. The molecule has 1 saturated carbocycles. The van der Waals surface area contributed by atoms with Crippen molar-refractivity contribution in [2.24, 2.45) is 17.3 Å². The van der Waals surface area contributed by atoms with E-state index in [0.29, 0.717) is 16.7 Å². The average molecular weight is 386 g/mol. The van der Waals surface area contributed by atoms with Gasteiger partial charge in [0.25, 0.3) is 0 Å². The number of alkyl halides is 3. The van der Waals surface area contributed by atoms with Gasteiger partial charge >= 0.3 is 18.1 Å². The number of hydrogen-bond donors (Lipinski definition) is 0. The molecule has 1 fully saturated rings. The molecule has 0 radical (unpaired) electrons. The molecule has 27 heavy (non-hydrogen) atoms. The Kier molecular flexibility index (Phi) is 5.64. The Balaban J connectivity index is 2.10. The van der Waals surface area contributed by atoms with E-state index in [9.17, 15) is 22.8 Å². The first-order valence-electron chi connectivity index (χ1n) is 8.71. The molecular formula is C20H25F3O4. The summed E-state index contributed by atoms with van der Waals surface area (Å²) in [7, 11) is 1.28. The second kappa shape index (κ2) is 7.17. The third-order valence-electron chi connectivity index (χ3n) is 5.55. The van der Waals surface area contributed by atoms with Gasteiger partial charge in [-0.2, -0.15) is 13.2 Å². The molecule has 3 atom stereocenters. The normalized spacial score (nSPS) is 27.6. The number of methoxy groups -OCH3 is 1. The Morgan fingerprint density at radius 3 is 2.44 bits per heavy atom. The summed E-state index contributed by atoms with van der Waals surface area (Å²) in [6.45, 7) is 10.6. The zero-order chi connectivity index (χ0) is 20.7. The Labute approximate surface area is 157 Å². The highest BCUT2D eigenvalue weighted by Crippen LogP contribution is 2.60. The van der Waals surface area contributed by atoms with Crippen molar-refractivity contribution in [3.8, 4) is 0 Å². The lowest BCUT2D eigenvalue weighted by Gasteiger charge is -2.14. The van der Waals surface area contributed by atoms with Crippen LogP contribution in [0.25, 0.3) is 0 Å². The summed E-state index contributed by atoms with van der Waals surface area (Å²) in [5, 5.41) is 0. The maximum atomic E-state index is 12.7. The average Bonchev–Trinajstić information content (AvgIpc) is 2.99. The highest BCUT2D eigenvalue weighted by atomic mass is 19.4. The van der Waals surface area contributed by atoms with E-state index in [2.05, 4.69) is 11.3 Å². The zero-order valence-electron chi connectivity index (χ0n) is 16.2. The van der Waals surface area contributed by atoms with Gasteiger partial charge in [-0.05, 0) is 41.9 Å². The highest BCUT2D eigenvalue weighted by Gasteiger charge is 2.62. The Hall–Kier alpha value is -2.05. The number of hydrogen-bond acceptors (Lipinski definition) is 4. The molecule has 0 spiro atoms. The summed E-state index contributed by atoms with van der Waals surface area (Å²) < 4.78 is 48.4. The van der Waals surface area contributed by atoms with Crippen LogP contribution < -0.4 is 0 Å². The van der Waals surface area contributed by atoms with E-state index >= 15 is 0 Å². The van der Waals surface area contributed by atoms with Crippen LogP contribution in [0.2, 0.25) is 0 Å². The quantitative estimate of drug-likeness (QED) is 0.515. The number of carbonyl (C=O) groups excluding carboxylic acids is 2. The van der Waals surface area contributed by atoms with Crippen LogP contribution in [-0.2, 0) is 19.1 Å². The molecule has 150 valence electrons. The van der Waals surface area contributed by atoms with E-state index in [-0.39, 0.29) is 17.9 Å². The lowest BCUT2D eigenvalue weighted by molar-refractivity contribution is -0.149. The third kappa shape index (κ3) is 4.45. The number of ether oxygens (including phenoxy) is 2. The van der Waals surface area contributed by atoms with Crippen LogP contribution in [0, 0.1) is 17.3 Å². The fraction of sp³-hybridized carbons (Fsp3) is 0.600. The summed E-state index contributed by atoms with van der Waals surface area (Å²) in [5.74, 6) is -1.57. The molecule has 7 heteroatoms. The number of carbonyl (C=O) groups is 2. The van der Waals surface area contributed by atoms with E-state index in [1.807, 2.05) is 13.8 Å². The van der Waals surface area contributed by atoms with Crippen LogP contribution in [0.3, 0.4) is 0 Å². The first-order valence-corrected chi connectivity index (χ1v) is 8.71. The van der Waals surface area contributed by atoms with Crippen molar-refractivity contribution in [1.82, 2.24) is 0 Å². The molecule has 0 aromatic carbocycles. The van der Waals surface area contributed by atoms with Crippen LogP contribution in [0.5, 0.6) is 0 Å². The van der Waals surface area contributed by atoms with Crippen LogP contribution in [0.1, 0.15) is 40.5 Å². The van der Waals surface area contributed by atoms with Gasteiger partial charge in [0, 0.05) is 12.0 Å². The van der Waals surface area contributed by atoms with Crippen molar-refractivity contribution in [2.75, 3.05) is 7.11 Å². The van der Waals surface area contributed by atoms with E-state index < -0.39 is 42.0 Å². The van der Waals surface area contributed by atoms with Gasteiger partial charge in [-0.3, -0.25) is 4.79 Å². The van der Waals surface area contributed by atoms with Crippen LogP contribution in [0.15, 0.2) is 34.9 Å². The minimum absolute atomic E-state index is 0.119. The van der Waals surface area contributed by atoms with Gasteiger partial charge in [-0.1, -0.05) is 26.5 Å². The molecule has 0 heterocycles. The van der Waals surface area contributed by atoms with E-state index in [0.717, 1.165) is 0 Å². The highest BCUT2D eigenvalue weighted by molar-refractivity contribution is 5.88. The molecule has 2 aliphatic carbocycles. The summed E-state index contributed by atoms with van der Waals surface area (Å²) >= 11 is 0. The van der Waals surface area contributed by atoms with Gasteiger partial charge in [-0.25, -0.2) is 4.79 Å². The molecule has 0 amide bonds. The fourth-order valence-electron chi connectivity index (χ4n) is 3.72. The standard InChI is InChI=1S/C20H25F3O4/c1-10-8-15(12(3)13(10)9-20(21,22)23)27-18(25)16-14(19(16,4)5)7-11(2)17(24)26-6/h7,14-16H,1,8-9H2,2-6H3/b11-7+/t14-,15?,16+/m1/s1. The van der Waals surface area contributed by atoms with Gasteiger partial charge in [0.2, 0.25) is 0 Å². The lowest BCUT2D eigenvalue weighted by atomic mass is 10.1. The molecule has 0 bridgehead atoms. The topological polar surface area (TPSA) is 52.6 Å². The van der Waals surface area contributed by atoms with E-state index in [1.165, 1.54) is 7.11 Å². The van der Waals surface area contributed by atoms with E-state index in [1.54, 1.807) is 19.9 Å². The van der Waals surface area contributed by atoms with E-state index in [4.69, 9.17) is 4.74 Å². The zero-order valence-corrected chi connectivity index (χ0v) is 16.2. The third-order valence-corrected chi connectivity index (χ3v) is 5.55. The summed E-state index contributed by atoms with van der Waals surface area (Å²) in [5.41, 5.74) is 0.892. The Morgan fingerprint density at radius 1 is 1.33 bits per heavy atom. The molecular weight excluding hydrogens is 361 g/mol. The van der Waals surface area contributed by atoms with Crippen LogP contribution in [-0.4, -0.2) is 31.3 Å². The molecule has 0 saturated heterocycles. The minimum atomic E-state index is -4.34. The van der Waals surface area contributed by atoms with Crippen molar-refractivity contribution in [1.29, 1.82) is 0 Å². The van der Waals surface area contributed by atoms with Crippen LogP contribution in [0.4, 0.5) is 13.2 Å². The van der Waals surface area contributed by atoms with Gasteiger partial charge in [0.05, 0.1) is 19.4 Å². The first-order chi connectivity index (χ1) is 12.3. The monoisotopic (exact) mass is 386 g/mol. The van der Waals surface area contributed by atoms with Crippen molar-refractivity contribution in [3.05, 3.63) is 34.9 Å². The molecule has 0 aromatic heterocycles. The number of allylic oxidation sites excluding steroid dienone is 2. The minimum Gasteiger partial charge on any atom is -0.466 e. The maximum Gasteiger partial charge on any atom is 0.393 e. The smallest absolute Gasteiger partial charge is 0.393 e. The SMILES string of the molecule is C=C1CC(OC(=O)[C@@H]2[C@@H](/C=C(\C)C(=O)OC)C2(C)C)C(C)=C1CC(F)(F)F. The van der Waals surface area contributed by atoms with Crippen molar-refractivity contribution in [2.45, 2.75) is 52.8 Å². The predicted octanol–water partition coefficient (Wildman–Crippen LogP) is 4.52. The summed E-state index contributed by atoms with van der Waals surface area (Å²) in [6.07, 6.45) is -4.24. The second-order valence-electron chi connectivity index (χ2n) is 7.85. The van der Waals surface area contributed by atoms with Gasteiger partial charge in [0.15, 0.2) is 0 Å². The molecule has 1 unspecified atom stereocenters. The van der Waals surface area contributed by atoms with Crippen LogP contribution >= 0.6 is 0 Å². The van der Waals surface area contributed by atoms with Gasteiger partial charge < -0.3 is 9.47 Å². The number of esters is 2. The number of halogens is 3. The van der Waals surface area contributed by atoms with Gasteiger partial charge in [-0.15, -0.1) is 0 Å². The lowest BCUT2D eigenvalue weighted by Crippen LogP contribution is -2.20.